The quantitative estimate of drug-likeness (QED) is 0.150. The van der Waals surface area contributed by atoms with Crippen molar-refractivity contribution in [2.75, 3.05) is 18.0 Å². The topological polar surface area (TPSA) is 167 Å². The number of unbranched alkanes of at least 4 members (excludes halogenated alkanes) is 2. The second-order valence-electron chi connectivity index (χ2n) is 10.0. The molecule has 2 aromatic carbocycles. The Balaban J connectivity index is 1.41. The highest BCUT2D eigenvalue weighted by Crippen LogP contribution is 2.28. The fourth-order valence-corrected chi connectivity index (χ4v) is 4.14. The molecule has 0 amide bonds. The minimum absolute atomic E-state index is 0.0370. The van der Waals surface area contributed by atoms with Crippen molar-refractivity contribution in [1.29, 1.82) is 5.26 Å². The standard InChI is InChI=1S/C31H33FN10O3/c1-5-7-17-42(18-8-6-2)30-34-29(32)35-31(36-30)45-24-15-13-23(14-16-24)38-37-21-9-11-22(12-10-21)39-40-26-20(3)25(19-33)27(43)41(4)28(26)44/h9-16,43H,5-8,17-18H2,1-4H3. The molecule has 0 unspecified atom stereocenters. The number of halogens is 1. The van der Waals surface area contributed by atoms with E-state index in [2.05, 4.69) is 49.3 Å². The first-order valence-corrected chi connectivity index (χ1v) is 14.4. The third kappa shape index (κ3) is 8.29. The van der Waals surface area contributed by atoms with Gasteiger partial charge in [-0.15, -0.1) is 10.1 Å². The Hall–Kier alpha value is -5.58. The number of hydrogen-bond donors (Lipinski definition) is 1. The van der Waals surface area contributed by atoms with Crippen LogP contribution in [-0.2, 0) is 7.05 Å². The zero-order valence-corrected chi connectivity index (χ0v) is 25.5. The Labute approximate surface area is 259 Å². The fraction of sp³-hybridized carbons (Fsp3) is 0.323. The van der Waals surface area contributed by atoms with Crippen LogP contribution in [-0.4, -0.2) is 37.7 Å². The average molecular weight is 613 g/mol. The van der Waals surface area contributed by atoms with Gasteiger partial charge in [-0.05, 0) is 68.3 Å². The predicted molar refractivity (Wildman–Crippen MR) is 166 cm³/mol. The summed E-state index contributed by atoms with van der Waals surface area (Å²) in [5.41, 5.74) is 1.13. The molecule has 1 N–H and O–H groups in total. The molecule has 2 aromatic heterocycles. The van der Waals surface area contributed by atoms with E-state index in [-0.39, 0.29) is 28.8 Å². The molecule has 2 heterocycles. The third-order valence-corrected chi connectivity index (χ3v) is 6.75. The zero-order chi connectivity index (χ0) is 32.3. The molecule has 45 heavy (non-hydrogen) atoms. The van der Waals surface area contributed by atoms with Gasteiger partial charge in [0.2, 0.25) is 11.8 Å². The largest absolute Gasteiger partial charge is 0.493 e. The van der Waals surface area contributed by atoms with E-state index >= 15 is 0 Å². The summed E-state index contributed by atoms with van der Waals surface area (Å²) in [7, 11) is 1.35. The highest BCUT2D eigenvalue weighted by molar-refractivity contribution is 5.57. The van der Waals surface area contributed by atoms with Crippen molar-refractivity contribution in [3.8, 4) is 23.7 Å². The molecule has 13 nitrogen and oxygen atoms in total. The molecule has 0 saturated carbocycles. The number of rotatable bonds is 13. The maximum Gasteiger partial charge on any atom is 0.329 e. The monoisotopic (exact) mass is 612 g/mol. The maximum absolute atomic E-state index is 14.3. The Morgan fingerprint density at radius 1 is 0.911 bits per heavy atom. The van der Waals surface area contributed by atoms with Gasteiger partial charge in [-0.25, -0.2) is 0 Å². The number of anilines is 1. The molecule has 0 bridgehead atoms. The number of aromatic hydroxyl groups is 1. The summed E-state index contributed by atoms with van der Waals surface area (Å²) in [5.74, 6) is 0.231. The van der Waals surface area contributed by atoms with Gasteiger partial charge >= 0.3 is 12.1 Å². The molecule has 0 fully saturated rings. The highest BCUT2D eigenvalue weighted by Gasteiger charge is 2.17. The van der Waals surface area contributed by atoms with Crippen LogP contribution in [0.15, 0.2) is 73.8 Å². The zero-order valence-electron chi connectivity index (χ0n) is 25.5. The number of nitrogens with zero attached hydrogens (tertiary/aromatic N) is 10. The SMILES string of the molecule is CCCCN(CCCC)c1nc(F)nc(Oc2ccc(N=Nc3ccc(N=Nc4c(C)c(C#N)c(O)n(C)c4=O)cc3)cc2)n1. The van der Waals surface area contributed by atoms with Crippen molar-refractivity contribution in [3.05, 3.63) is 76.1 Å². The third-order valence-electron chi connectivity index (χ3n) is 6.75. The molecule has 0 atom stereocenters. The second-order valence-corrected chi connectivity index (χ2v) is 10.0. The van der Waals surface area contributed by atoms with E-state index in [1.165, 1.54) is 14.0 Å². The van der Waals surface area contributed by atoms with E-state index in [1.54, 1.807) is 48.5 Å². The van der Waals surface area contributed by atoms with Crippen molar-refractivity contribution in [3.63, 3.8) is 0 Å². The summed E-state index contributed by atoms with van der Waals surface area (Å²) >= 11 is 0. The van der Waals surface area contributed by atoms with Crippen molar-refractivity contribution < 1.29 is 14.2 Å². The molecule has 0 saturated heterocycles. The number of nitriles is 1. The van der Waals surface area contributed by atoms with Crippen LogP contribution < -0.4 is 15.2 Å². The van der Waals surface area contributed by atoms with E-state index in [0.29, 0.717) is 22.8 Å². The predicted octanol–water partition coefficient (Wildman–Crippen LogP) is 7.62. The van der Waals surface area contributed by atoms with Gasteiger partial charge in [0, 0.05) is 25.7 Å². The summed E-state index contributed by atoms with van der Waals surface area (Å²) in [5, 5.41) is 35.9. The van der Waals surface area contributed by atoms with E-state index in [1.807, 2.05) is 11.0 Å². The molecule has 232 valence electrons. The lowest BCUT2D eigenvalue weighted by molar-refractivity contribution is 0.411. The molecule has 0 aliphatic carbocycles. The molecule has 0 aliphatic rings. The van der Waals surface area contributed by atoms with Gasteiger partial charge in [-0.2, -0.15) is 35.0 Å². The lowest BCUT2D eigenvalue weighted by Gasteiger charge is -2.22. The smallest absolute Gasteiger partial charge is 0.329 e. The van der Waals surface area contributed by atoms with E-state index in [4.69, 9.17) is 4.74 Å². The van der Waals surface area contributed by atoms with Crippen LogP contribution in [0.2, 0.25) is 0 Å². The van der Waals surface area contributed by atoms with E-state index in [9.17, 15) is 19.6 Å². The summed E-state index contributed by atoms with van der Waals surface area (Å²) in [4.78, 5) is 26.4. The van der Waals surface area contributed by atoms with Gasteiger partial charge < -0.3 is 14.7 Å². The van der Waals surface area contributed by atoms with Gasteiger partial charge in [0.25, 0.3) is 5.56 Å². The Kier molecular flexibility index (Phi) is 10.9. The number of pyridine rings is 1. The Morgan fingerprint density at radius 2 is 1.44 bits per heavy atom. The van der Waals surface area contributed by atoms with Crippen molar-refractivity contribution in [2.45, 2.75) is 46.5 Å². The van der Waals surface area contributed by atoms with Crippen LogP contribution in [0, 0.1) is 24.3 Å². The molecular weight excluding hydrogens is 579 g/mol. The second kappa shape index (κ2) is 15.2. The first kappa shape index (κ1) is 32.3. The maximum atomic E-state index is 14.3. The van der Waals surface area contributed by atoms with Crippen LogP contribution in [0.3, 0.4) is 0 Å². The van der Waals surface area contributed by atoms with Crippen LogP contribution in [0.1, 0.15) is 50.7 Å². The van der Waals surface area contributed by atoms with Gasteiger partial charge in [-0.1, -0.05) is 26.7 Å². The van der Waals surface area contributed by atoms with Gasteiger partial charge in [-0.3, -0.25) is 9.36 Å². The number of hydrogen-bond acceptors (Lipinski definition) is 12. The van der Waals surface area contributed by atoms with Crippen LogP contribution in [0.4, 0.5) is 33.1 Å². The molecule has 14 heteroatoms. The number of aromatic nitrogens is 4. The van der Waals surface area contributed by atoms with E-state index < -0.39 is 17.5 Å². The summed E-state index contributed by atoms with van der Waals surface area (Å²) in [6.07, 6.45) is 2.96. The molecule has 0 radical (unpaired) electrons. The molecule has 0 aliphatic heterocycles. The summed E-state index contributed by atoms with van der Waals surface area (Å²) in [6.45, 7) is 7.15. The van der Waals surface area contributed by atoms with Crippen LogP contribution in [0.25, 0.3) is 0 Å². The normalized spacial score (nSPS) is 11.3. The first-order chi connectivity index (χ1) is 21.7. The van der Waals surface area contributed by atoms with Crippen molar-refractivity contribution in [2.24, 2.45) is 27.5 Å². The Morgan fingerprint density at radius 3 is 1.98 bits per heavy atom. The van der Waals surface area contributed by atoms with Crippen molar-refractivity contribution in [1.82, 2.24) is 19.5 Å². The van der Waals surface area contributed by atoms with E-state index in [0.717, 1.165) is 43.3 Å². The van der Waals surface area contributed by atoms with Crippen LogP contribution >= 0.6 is 0 Å². The van der Waals surface area contributed by atoms with Crippen molar-refractivity contribution >= 4 is 28.7 Å². The average Bonchev–Trinajstić information content (AvgIpc) is 3.04. The van der Waals surface area contributed by atoms with Gasteiger partial charge in [0.1, 0.15) is 17.4 Å². The summed E-state index contributed by atoms with van der Waals surface area (Å²) in [6, 6.07) is 15.1. The minimum atomic E-state index is -0.904. The number of azo groups is 2. The molecule has 0 spiro atoms. The molecular formula is C31H33FN10O3. The molecule has 4 aromatic rings. The lowest BCUT2D eigenvalue weighted by atomic mass is 10.1. The molecule has 4 rings (SSSR count). The van der Waals surface area contributed by atoms with Gasteiger partial charge in [0.05, 0.1) is 17.1 Å². The number of ether oxygens (including phenoxy) is 1. The number of benzene rings is 2. The minimum Gasteiger partial charge on any atom is -0.493 e. The Bertz CT molecular complexity index is 1770. The van der Waals surface area contributed by atoms with Crippen LogP contribution in [0.5, 0.6) is 17.6 Å². The van der Waals surface area contributed by atoms with Gasteiger partial charge in [0.15, 0.2) is 5.69 Å². The highest BCUT2D eigenvalue weighted by atomic mass is 19.1. The fourth-order valence-electron chi connectivity index (χ4n) is 4.14. The summed E-state index contributed by atoms with van der Waals surface area (Å²) < 4.78 is 20.9. The lowest BCUT2D eigenvalue weighted by Crippen LogP contribution is -2.28. The first-order valence-electron chi connectivity index (χ1n) is 14.4.